The number of nitro benzene ring substituents is 1. The standard InChI is InChI=1S/C33H39N7O6/c1-5-45-27(41)20-38-21-34-28-29(35-25-12-9-13-26(18-25)40(43)44)36-31(37-30(28)38)39(32(42)46-33(2,3)4)19-22-14-16-24(17-15-22)23-10-7-6-8-11-23/h9,12-18,21,23H,5-8,10-11,19-20H2,1-4H3,(H,35,36,37). The molecule has 242 valence electrons. The van der Waals surface area contributed by atoms with Crippen molar-refractivity contribution in [3.05, 3.63) is 76.1 Å². The first-order valence-corrected chi connectivity index (χ1v) is 15.5. The van der Waals surface area contributed by atoms with E-state index in [0.29, 0.717) is 17.1 Å². The minimum Gasteiger partial charge on any atom is -0.465 e. The molecule has 5 rings (SSSR count). The van der Waals surface area contributed by atoms with E-state index in [0.717, 1.165) is 5.56 Å². The third-order valence-electron chi connectivity index (χ3n) is 7.63. The topological polar surface area (TPSA) is 155 Å². The number of carbonyl (C=O) groups is 2. The van der Waals surface area contributed by atoms with Gasteiger partial charge in [-0.05, 0) is 63.6 Å². The predicted molar refractivity (Wildman–Crippen MR) is 173 cm³/mol. The number of amides is 1. The van der Waals surface area contributed by atoms with Crippen molar-refractivity contribution in [3.8, 4) is 0 Å². The Bertz CT molecular complexity index is 1710. The molecule has 13 nitrogen and oxygen atoms in total. The second kappa shape index (κ2) is 13.9. The average Bonchev–Trinajstić information content (AvgIpc) is 3.42. The highest BCUT2D eigenvalue weighted by atomic mass is 16.6. The molecule has 13 heteroatoms. The number of aromatic nitrogens is 4. The van der Waals surface area contributed by atoms with E-state index in [1.54, 1.807) is 39.8 Å². The first-order valence-electron chi connectivity index (χ1n) is 15.5. The fourth-order valence-corrected chi connectivity index (χ4v) is 5.48. The Hall–Kier alpha value is -5.07. The highest BCUT2D eigenvalue weighted by Gasteiger charge is 2.28. The maximum Gasteiger partial charge on any atom is 0.417 e. The lowest BCUT2D eigenvalue weighted by molar-refractivity contribution is -0.384. The van der Waals surface area contributed by atoms with Crippen LogP contribution < -0.4 is 10.2 Å². The third-order valence-corrected chi connectivity index (χ3v) is 7.63. The van der Waals surface area contributed by atoms with Crippen molar-refractivity contribution >= 4 is 46.4 Å². The number of nitrogens with zero attached hydrogens (tertiary/aromatic N) is 6. The van der Waals surface area contributed by atoms with Gasteiger partial charge in [0.15, 0.2) is 17.0 Å². The molecule has 2 aromatic carbocycles. The highest BCUT2D eigenvalue weighted by molar-refractivity contribution is 5.91. The maximum absolute atomic E-state index is 13.7. The molecule has 0 atom stereocenters. The van der Waals surface area contributed by atoms with E-state index in [9.17, 15) is 19.7 Å². The van der Waals surface area contributed by atoms with Crippen molar-refractivity contribution in [2.24, 2.45) is 0 Å². The fourth-order valence-electron chi connectivity index (χ4n) is 5.48. The van der Waals surface area contributed by atoms with Crippen molar-refractivity contribution in [1.82, 2.24) is 19.5 Å². The number of rotatable bonds is 10. The number of hydrogen-bond donors (Lipinski definition) is 1. The van der Waals surface area contributed by atoms with Gasteiger partial charge < -0.3 is 19.4 Å². The van der Waals surface area contributed by atoms with Gasteiger partial charge in [-0.1, -0.05) is 49.6 Å². The number of nitro groups is 1. The smallest absolute Gasteiger partial charge is 0.417 e. The van der Waals surface area contributed by atoms with Gasteiger partial charge in [0.1, 0.15) is 12.1 Å². The minimum atomic E-state index is -0.806. The Balaban J connectivity index is 1.57. The van der Waals surface area contributed by atoms with Crippen molar-refractivity contribution in [3.63, 3.8) is 0 Å². The van der Waals surface area contributed by atoms with Crippen LogP contribution in [-0.2, 0) is 27.4 Å². The Labute approximate surface area is 267 Å². The Kier molecular flexibility index (Phi) is 9.78. The van der Waals surface area contributed by atoms with Gasteiger partial charge in [0.05, 0.1) is 24.4 Å². The lowest BCUT2D eigenvalue weighted by atomic mass is 9.84. The summed E-state index contributed by atoms with van der Waals surface area (Å²) in [5, 5.41) is 14.5. The Morgan fingerprint density at radius 1 is 1.09 bits per heavy atom. The molecule has 46 heavy (non-hydrogen) atoms. The molecule has 1 saturated carbocycles. The van der Waals surface area contributed by atoms with E-state index in [1.165, 1.54) is 65.6 Å². The summed E-state index contributed by atoms with van der Waals surface area (Å²) in [5.74, 6) is 0.232. The van der Waals surface area contributed by atoms with Crippen LogP contribution in [-0.4, -0.2) is 48.7 Å². The lowest BCUT2D eigenvalue weighted by Crippen LogP contribution is -2.37. The second-order valence-electron chi connectivity index (χ2n) is 12.3. The van der Waals surface area contributed by atoms with Crippen LogP contribution in [0.3, 0.4) is 0 Å². The van der Waals surface area contributed by atoms with Crippen LogP contribution in [0.15, 0.2) is 54.9 Å². The first-order chi connectivity index (χ1) is 22.0. The summed E-state index contributed by atoms with van der Waals surface area (Å²) in [5.41, 5.74) is 2.14. The molecule has 0 unspecified atom stereocenters. The molecule has 0 saturated heterocycles. The molecule has 2 aromatic heterocycles. The highest BCUT2D eigenvalue weighted by Crippen LogP contribution is 2.33. The van der Waals surface area contributed by atoms with E-state index in [4.69, 9.17) is 14.5 Å². The number of fused-ring (bicyclic) bond motifs is 1. The van der Waals surface area contributed by atoms with Crippen LogP contribution >= 0.6 is 0 Å². The third kappa shape index (κ3) is 7.95. The summed E-state index contributed by atoms with van der Waals surface area (Å²) < 4.78 is 12.4. The van der Waals surface area contributed by atoms with Crippen molar-refractivity contribution in [1.29, 1.82) is 0 Å². The van der Waals surface area contributed by atoms with E-state index in [1.807, 2.05) is 12.1 Å². The Morgan fingerprint density at radius 2 is 1.83 bits per heavy atom. The number of carbonyl (C=O) groups excluding carboxylic acids is 2. The van der Waals surface area contributed by atoms with Crippen LogP contribution in [0.25, 0.3) is 11.2 Å². The maximum atomic E-state index is 13.7. The number of imidazole rings is 1. The van der Waals surface area contributed by atoms with Gasteiger partial charge in [0.2, 0.25) is 5.95 Å². The van der Waals surface area contributed by atoms with Gasteiger partial charge in [-0.2, -0.15) is 9.97 Å². The number of non-ortho nitro benzene ring substituents is 1. The van der Waals surface area contributed by atoms with Gasteiger partial charge >= 0.3 is 12.1 Å². The molecule has 1 N–H and O–H groups in total. The van der Waals surface area contributed by atoms with E-state index < -0.39 is 22.6 Å². The van der Waals surface area contributed by atoms with Crippen molar-refractivity contribution in [2.75, 3.05) is 16.8 Å². The second-order valence-corrected chi connectivity index (χ2v) is 12.3. The van der Waals surface area contributed by atoms with Crippen LogP contribution in [0.1, 0.15) is 76.8 Å². The Morgan fingerprint density at radius 3 is 2.50 bits per heavy atom. The first kappa shape index (κ1) is 32.3. The lowest BCUT2D eigenvalue weighted by Gasteiger charge is -2.27. The zero-order valence-electron chi connectivity index (χ0n) is 26.6. The monoisotopic (exact) mass is 629 g/mol. The predicted octanol–water partition coefficient (Wildman–Crippen LogP) is 7.03. The van der Waals surface area contributed by atoms with Crippen LogP contribution in [0, 0.1) is 10.1 Å². The van der Waals surface area contributed by atoms with Crippen LogP contribution in [0.2, 0.25) is 0 Å². The molecule has 0 spiro atoms. The summed E-state index contributed by atoms with van der Waals surface area (Å²) in [6, 6.07) is 14.2. The van der Waals surface area contributed by atoms with Crippen LogP contribution in [0.5, 0.6) is 0 Å². The molecule has 4 aromatic rings. The van der Waals surface area contributed by atoms with Crippen LogP contribution in [0.4, 0.5) is 27.9 Å². The minimum absolute atomic E-state index is 0.00310. The zero-order chi connectivity index (χ0) is 32.8. The zero-order valence-corrected chi connectivity index (χ0v) is 26.6. The normalized spacial score (nSPS) is 13.7. The molecular formula is C33H39N7O6. The van der Waals surface area contributed by atoms with Gasteiger partial charge in [-0.15, -0.1) is 0 Å². The summed E-state index contributed by atoms with van der Waals surface area (Å²) in [6.45, 7) is 7.17. The summed E-state index contributed by atoms with van der Waals surface area (Å²) in [6.07, 6.45) is 6.87. The number of anilines is 3. The number of ether oxygens (including phenoxy) is 2. The number of esters is 1. The molecule has 2 heterocycles. The molecule has 0 bridgehead atoms. The van der Waals surface area contributed by atoms with Gasteiger partial charge in [-0.3, -0.25) is 14.9 Å². The molecule has 1 aliphatic carbocycles. The van der Waals surface area contributed by atoms with Crippen molar-refractivity contribution < 1.29 is 24.0 Å². The SMILES string of the molecule is CCOC(=O)Cn1cnc2c(Nc3cccc([N+](=O)[O-])c3)nc(N(Cc3ccc(C4CCCCC4)cc3)C(=O)OC(C)(C)C)nc21. The molecule has 1 aliphatic rings. The van der Waals surface area contributed by atoms with Gasteiger partial charge in [0.25, 0.3) is 5.69 Å². The molecule has 1 fully saturated rings. The van der Waals surface area contributed by atoms with E-state index in [2.05, 4.69) is 27.4 Å². The van der Waals surface area contributed by atoms with Gasteiger partial charge in [-0.25, -0.2) is 14.7 Å². The number of nitrogens with one attached hydrogen (secondary N) is 1. The number of hydrogen-bond acceptors (Lipinski definition) is 10. The van der Waals surface area contributed by atoms with Crippen molar-refractivity contribution in [2.45, 2.75) is 84.4 Å². The molecule has 0 aliphatic heterocycles. The molecule has 1 amide bonds. The summed E-state index contributed by atoms with van der Waals surface area (Å²) in [7, 11) is 0. The average molecular weight is 630 g/mol. The molecule has 0 radical (unpaired) electrons. The largest absolute Gasteiger partial charge is 0.465 e. The molecular weight excluding hydrogens is 590 g/mol. The van der Waals surface area contributed by atoms with E-state index >= 15 is 0 Å². The quantitative estimate of drug-likeness (QED) is 0.110. The fraction of sp³-hybridized carbons (Fsp3) is 0.424. The number of benzene rings is 2. The summed E-state index contributed by atoms with van der Waals surface area (Å²) in [4.78, 5) is 52.2. The van der Waals surface area contributed by atoms with Gasteiger partial charge in [0, 0.05) is 17.8 Å². The summed E-state index contributed by atoms with van der Waals surface area (Å²) >= 11 is 0. The van der Waals surface area contributed by atoms with E-state index in [-0.39, 0.29) is 42.8 Å².